The van der Waals surface area contributed by atoms with E-state index in [0.717, 1.165) is 46.0 Å². The van der Waals surface area contributed by atoms with Crippen LogP contribution in [0.15, 0.2) is 22.1 Å². The molecule has 1 atom stereocenters. The Morgan fingerprint density at radius 1 is 1.45 bits per heavy atom. The molecule has 110 valence electrons. The van der Waals surface area contributed by atoms with E-state index in [0.29, 0.717) is 0 Å². The van der Waals surface area contributed by atoms with Crippen LogP contribution in [0.25, 0.3) is 0 Å². The molecule has 20 heavy (non-hydrogen) atoms. The second-order valence-corrected chi connectivity index (χ2v) is 6.83. The number of thiophene rings is 1. The molecule has 0 fully saturated rings. The maximum atomic E-state index is 6.34. The number of rotatable bonds is 7. The summed E-state index contributed by atoms with van der Waals surface area (Å²) in [6.45, 7) is 6.18. The molecule has 6 heteroatoms. The average molecular weight is 377 g/mol. The number of aromatic nitrogens is 2. The third-order valence-corrected chi connectivity index (χ3v) is 5.08. The smallest absolute Gasteiger partial charge is 0.0868 e. The summed E-state index contributed by atoms with van der Waals surface area (Å²) in [6.07, 6.45) is 4.01. The SMILES string of the molecule is CCCNC(c1sccc1Cl)c1c(Br)cnn1CCC. The molecule has 0 spiro atoms. The molecule has 0 aliphatic carbocycles. The van der Waals surface area contributed by atoms with Gasteiger partial charge in [-0.15, -0.1) is 11.3 Å². The van der Waals surface area contributed by atoms with Crippen molar-refractivity contribution in [3.63, 3.8) is 0 Å². The van der Waals surface area contributed by atoms with Crippen molar-refractivity contribution < 1.29 is 0 Å². The second kappa shape index (κ2) is 7.59. The highest BCUT2D eigenvalue weighted by molar-refractivity contribution is 9.10. The van der Waals surface area contributed by atoms with Gasteiger partial charge in [-0.05, 0) is 46.8 Å². The summed E-state index contributed by atoms with van der Waals surface area (Å²) in [5, 5.41) is 10.9. The minimum Gasteiger partial charge on any atom is -0.304 e. The molecule has 0 saturated carbocycles. The number of hydrogen-bond acceptors (Lipinski definition) is 3. The molecule has 2 aromatic rings. The van der Waals surface area contributed by atoms with Gasteiger partial charge in [0, 0.05) is 11.4 Å². The summed E-state index contributed by atoms with van der Waals surface area (Å²) in [6, 6.07) is 2.04. The zero-order chi connectivity index (χ0) is 14.5. The number of hydrogen-bond donors (Lipinski definition) is 1. The molecule has 2 heterocycles. The molecular weight excluding hydrogens is 358 g/mol. The van der Waals surface area contributed by atoms with Crippen molar-refractivity contribution in [3.8, 4) is 0 Å². The Kier molecular flexibility index (Phi) is 6.08. The summed E-state index contributed by atoms with van der Waals surface area (Å²) in [5.41, 5.74) is 1.16. The average Bonchev–Trinajstić information content (AvgIpc) is 3.00. The van der Waals surface area contributed by atoms with Crippen molar-refractivity contribution >= 4 is 38.9 Å². The van der Waals surface area contributed by atoms with Crippen molar-refractivity contribution in [2.75, 3.05) is 6.54 Å². The lowest BCUT2D eigenvalue weighted by atomic mass is 10.1. The Balaban J connectivity index is 2.41. The van der Waals surface area contributed by atoms with Crippen LogP contribution >= 0.6 is 38.9 Å². The Morgan fingerprint density at radius 2 is 2.25 bits per heavy atom. The molecule has 0 aliphatic rings. The quantitative estimate of drug-likeness (QED) is 0.748. The van der Waals surface area contributed by atoms with Gasteiger partial charge in [0.25, 0.3) is 0 Å². The Bertz CT molecular complexity index is 552. The molecule has 1 unspecified atom stereocenters. The van der Waals surface area contributed by atoms with Crippen LogP contribution < -0.4 is 5.32 Å². The number of nitrogens with one attached hydrogen (secondary N) is 1. The lowest BCUT2D eigenvalue weighted by Crippen LogP contribution is -2.25. The van der Waals surface area contributed by atoms with Gasteiger partial charge >= 0.3 is 0 Å². The van der Waals surface area contributed by atoms with Crippen LogP contribution in [0.2, 0.25) is 5.02 Å². The number of aryl methyl sites for hydroxylation is 1. The third-order valence-electron chi connectivity index (χ3n) is 3.05. The molecule has 0 aliphatic heterocycles. The van der Waals surface area contributed by atoms with E-state index in [-0.39, 0.29) is 6.04 Å². The largest absolute Gasteiger partial charge is 0.304 e. The topological polar surface area (TPSA) is 29.9 Å². The highest BCUT2D eigenvalue weighted by Crippen LogP contribution is 2.36. The van der Waals surface area contributed by atoms with Gasteiger partial charge in [-0.3, -0.25) is 4.68 Å². The fourth-order valence-corrected chi connectivity index (χ4v) is 3.93. The predicted molar refractivity (Wildman–Crippen MR) is 89.7 cm³/mol. The second-order valence-electron chi connectivity index (χ2n) is 4.62. The monoisotopic (exact) mass is 375 g/mol. The first kappa shape index (κ1) is 16.0. The number of nitrogens with zero attached hydrogens (tertiary/aromatic N) is 2. The van der Waals surface area contributed by atoms with Crippen LogP contribution in [0.3, 0.4) is 0 Å². The van der Waals surface area contributed by atoms with Gasteiger partial charge in [0.15, 0.2) is 0 Å². The fraction of sp³-hybridized carbons (Fsp3) is 0.500. The van der Waals surface area contributed by atoms with Crippen molar-refractivity contribution in [2.45, 2.75) is 39.3 Å². The van der Waals surface area contributed by atoms with E-state index in [1.54, 1.807) is 11.3 Å². The van der Waals surface area contributed by atoms with Crippen LogP contribution in [0.1, 0.15) is 43.3 Å². The Labute approximate surface area is 137 Å². The van der Waals surface area contributed by atoms with E-state index in [1.807, 2.05) is 17.6 Å². The molecule has 0 amide bonds. The lowest BCUT2D eigenvalue weighted by molar-refractivity contribution is 0.514. The van der Waals surface area contributed by atoms with E-state index in [2.05, 4.69) is 44.9 Å². The summed E-state index contributed by atoms with van der Waals surface area (Å²) < 4.78 is 3.09. The fourth-order valence-electron chi connectivity index (χ4n) is 2.16. The van der Waals surface area contributed by atoms with Crippen LogP contribution in [-0.2, 0) is 6.54 Å². The van der Waals surface area contributed by atoms with Crippen LogP contribution in [0.5, 0.6) is 0 Å². The molecule has 0 saturated heterocycles. The van der Waals surface area contributed by atoms with Crippen LogP contribution in [0.4, 0.5) is 0 Å². The molecule has 0 radical (unpaired) electrons. The summed E-state index contributed by atoms with van der Waals surface area (Å²) in [4.78, 5) is 1.15. The van der Waals surface area contributed by atoms with Gasteiger partial charge in [0.05, 0.1) is 27.4 Å². The Morgan fingerprint density at radius 3 is 2.85 bits per heavy atom. The van der Waals surface area contributed by atoms with Crippen LogP contribution in [-0.4, -0.2) is 16.3 Å². The normalized spacial score (nSPS) is 12.8. The minimum absolute atomic E-state index is 0.0888. The van der Waals surface area contributed by atoms with Gasteiger partial charge in [-0.25, -0.2) is 0 Å². The molecular formula is C14H19BrClN3S. The summed E-state index contributed by atoms with van der Waals surface area (Å²) in [5.74, 6) is 0. The van der Waals surface area contributed by atoms with Gasteiger partial charge in [0.2, 0.25) is 0 Å². The van der Waals surface area contributed by atoms with Gasteiger partial charge < -0.3 is 5.32 Å². The predicted octanol–water partition coefficient (Wildman–Crippen LogP) is 4.86. The van der Waals surface area contributed by atoms with Crippen molar-refractivity contribution in [1.29, 1.82) is 0 Å². The third kappa shape index (κ3) is 3.45. The molecule has 0 bridgehead atoms. The van der Waals surface area contributed by atoms with Crippen LogP contribution in [0, 0.1) is 0 Å². The minimum atomic E-state index is 0.0888. The zero-order valence-corrected chi connectivity index (χ0v) is 14.9. The zero-order valence-electron chi connectivity index (χ0n) is 11.7. The number of halogens is 2. The van der Waals surface area contributed by atoms with E-state index >= 15 is 0 Å². The van der Waals surface area contributed by atoms with Crippen molar-refractivity contribution in [1.82, 2.24) is 15.1 Å². The molecule has 3 nitrogen and oxygen atoms in total. The summed E-state index contributed by atoms with van der Waals surface area (Å²) in [7, 11) is 0. The van der Waals surface area contributed by atoms with Gasteiger partial charge in [-0.1, -0.05) is 25.4 Å². The molecule has 2 aromatic heterocycles. The lowest BCUT2D eigenvalue weighted by Gasteiger charge is -2.20. The van der Waals surface area contributed by atoms with E-state index in [9.17, 15) is 0 Å². The first-order valence-electron chi connectivity index (χ1n) is 6.86. The van der Waals surface area contributed by atoms with Crippen molar-refractivity contribution in [2.24, 2.45) is 0 Å². The van der Waals surface area contributed by atoms with E-state index in [1.165, 1.54) is 0 Å². The standard InChI is InChI=1S/C14H19BrClN3S/c1-3-6-17-12(14-11(16)5-8-20-14)13-10(15)9-18-19(13)7-4-2/h5,8-9,12,17H,3-4,6-7H2,1-2H3. The van der Waals surface area contributed by atoms with Gasteiger partial charge in [-0.2, -0.15) is 5.10 Å². The van der Waals surface area contributed by atoms with Crippen molar-refractivity contribution in [3.05, 3.63) is 37.7 Å². The van der Waals surface area contributed by atoms with E-state index < -0.39 is 0 Å². The molecule has 1 N–H and O–H groups in total. The Hall–Kier alpha value is -0.360. The first-order chi connectivity index (χ1) is 9.69. The maximum absolute atomic E-state index is 6.34. The highest BCUT2D eigenvalue weighted by atomic mass is 79.9. The van der Waals surface area contributed by atoms with Gasteiger partial charge in [0.1, 0.15) is 0 Å². The summed E-state index contributed by atoms with van der Waals surface area (Å²) >= 11 is 11.7. The van der Waals surface area contributed by atoms with E-state index in [4.69, 9.17) is 11.6 Å². The maximum Gasteiger partial charge on any atom is 0.0868 e. The first-order valence-corrected chi connectivity index (χ1v) is 8.91. The highest BCUT2D eigenvalue weighted by Gasteiger charge is 2.24. The molecule has 2 rings (SSSR count). The molecule has 0 aromatic carbocycles.